The molecular weight excluding hydrogens is 332 g/mol. The summed E-state index contributed by atoms with van der Waals surface area (Å²) in [6.45, 7) is 9.00. The Labute approximate surface area is 154 Å². The van der Waals surface area contributed by atoms with E-state index in [0.29, 0.717) is 18.7 Å². The molecule has 26 heavy (non-hydrogen) atoms. The number of hydrogen-bond acceptors (Lipinski definition) is 4. The molecule has 0 aromatic heterocycles. The summed E-state index contributed by atoms with van der Waals surface area (Å²) in [5.41, 5.74) is 1.61. The van der Waals surface area contributed by atoms with Gasteiger partial charge in [0.05, 0.1) is 0 Å². The van der Waals surface area contributed by atoms with E-state index in [4.69, 9.17) is 4.74 Å². The van der Waals surface area contributed by atoms with Gasteiger partial charge >= 0.3 is 5.97 Å². The van der Waals surface area contributed by atoms with Gasteiger partial charge in [-0.1, -0.05) is 32.9 Å². The topological polar surface area (TPSA) is 75.7 Å². The predicted octanol–water partition coefficient (Wildman–Crippen LogP) is 2.27. The zero-order valence-electron chi connectivity index (χ0n) is 16.0. The molecule has 2 rings (SSSR count). The van der Waals surface area contributed by atoms with Crippen LogP contribution in [0.5, 0.6) is 0 Å². The van der Waals surface area contributed by atoms with E-state index >= 15 is 0 Å². The molecule has 0 bridgehead atoms. The molecule has 0 saturated carbocycles. The first-order valence-electron chi connectivity index (χ1n) is 9.04. The molecule has 1 atom stereocenters. The van der Waals surface area contributed by atoms with Crippen molar-refractivity contribution in [3.8, 4) is 0 Å². The van der Waals surface area contributed by atoms with Crippen LogP contribution in [0.25, 0.3) is 0 Å². The summed E-state index contributed by atoms with van der Waals surface area (Å²) in [7, 11) is 0. The molecule has 2 amide bonds. The Bertz CT molecular complexity index is 655. The number of esters is 1. The number of nitrogens with zero attached hydrogens (tertiary/aromatic N) is 1. The fourth-order valence-corrected chi connectivity index (χ4v) is 2.78. The molecule has 1 heterocycles. The molecule has 1 fully saturated rings. The largest absolute Gasteiger partial charge is 0.454 e. The van der Waals surface area contributed by atoms with Crippen molar-refractivity contribution in [2.24, 2.45) is 0 Å². The van der Waals surface area contributed by atoms with E-state index < -0.39 is 12.0 Å². The molecule has 1 unspecified atom stereocenters. The molecule has 1 aliphatic rings. The zero-order chi connectivity index (χ0) is 19.3. The lowest BCUT2D eigenvalue weighted by molar-refractivity contribution is -0.152. The Kier molecular flexibility index (Phi) is 6.40. The van der Waals surface area contributed by atoms with E-state index in [1.165, 1.54) is 0 Å². The fourth-order valence-electron chi connectivity index (χ4n) is 2.78. The van der Waals surface area contributed by atoms with Gasteiger partial charge in [-0.25, -0.2) is 4.79 Å². The summed E-state index contributed by atoms with van der Waals surface area (Å²) in [6.07, 6.45) is 1.97. The first-order valence-corrected chi connectivity index (χ1v) is 9.04. The van der Waals surface area contributed by atoms with E-state index in [2.05, 4.69) is 26.1 Å². The molecule has 6 nitrogen and oxygen atoms in total. The average molecular weight is 360 g/mol. The maximum Gasteiger partial charge on any atom is 0.328 e. The summed E-state index contributed by atoms with van der Waals surface area (Å²) in [4.78, 5) is 37.9. The minimum Gasteiger partial charge on any atom is -0.454 e. The van der Waals surface area contributed by atoms with Crippen LogP contribution in [0, 0.1) is 0 Å². The maximum absolute atomic E-state index is 12.3. The minimum atomic E-state index is -0.823. The van der Waals surface area contributed by atoms with Gasteiger partial charge in [0.15, 0.2) is 6.61 Å². The normalized spacial score (nSPS) is 15.5. The first-order chi connectivity index (χ1) is 12.2. The highest BCUT2D eigenvalue weighted by atomic mass is 16.5. The summed E-state index contributed by atoms with van der Waals surface area (Å²) >= 11 is 0. The predicted molar refractivity (Wildman–Crippen MR) is 98.8 cm³/mol. The molecule has 1 aliphatic heterocycles. The molecule has 1 N–H and O–H groups in total. The summed E-state index contributed by atoms with van der Waals surface area (Å²) in [5, 5.41) is 2.61. The Morgan fingerprint density at radius 3 is 2.23 bits per heavy atom. The second kappa shape index (κ2) is 8.34. The number of carbonyl (C=O) groups is 3. The van der Waals surface area contributed by atoms with Gasteiger partial charge in [0.2, 0.25) is 0 Å². The van der Waals surface area contributed by atoms with Gasteiger partial charge in [0, 0.05) is 18.7 Å². The lowest BCUT2D eigenvalue weighted by Gasteiger charge is -2.19. The van der Waals surface area contributed by atoms with Crippen LogP contribution >= 0.6 is 0 Å². The van der Waals surface area contributed by atoms with E-state index in [1.54, 1.807) is 24.0 Å². The highest BCUT2D eigenvalue weighted by molar-refractivity contribution is 5.96. The number of nitrogens with one attached hydrogen (secondary N) is 1. The van der Waals surface area contributed by atoms with Crippen LogP contribution in [0.3, 0.4) is 0 Å². The third-order valence-corrected chi connectivity index (χ3v) is 4.51. The number of amides is 2. The summed E-state index contributed by atoms with van der Waals surface area (Å²) < 4.78 is 5.03. The lowest BCUT2D eigenvalue weighted by Crippen LogP contribution is -2.41. The number of rotatable bonds is 5. The van der Waals surface area contributed by atoms with Crippen molar-refractivity contribution >= 4 is 17.8 Å². The Balaban J connectivity index is 1.83. The second-order valence-corrected chi connectivity index (χ2v) is 7.72. The highest BCUT2D eigenvalue weighted by Crippen LogP contribution is 2.22. The number of hydrogen-bond donors (Lipinski definition) is 1. The molecule has 6 heteroatoms. The lowest BCUT2D eigenvalue weighted by atomic mass is 9.86. The van der Waals surface area contributed by atoms with Crippen LogP contribution < -0.4 is 5.32 Å². The Morgan fingerprint density at radius 2 is 1.69 bits per heavy atom. The van der Waals surface area contributed by atoms with Crippen LogP contribution in [-0.4, -0.2) is 48.4 Å². The number of likely N-dealkylation sites (tertiary alicyclic amines) is 1. The SMILES string of the molecule is CC(NC(=O)c1ccc(C(C)(C)C)cc1)C(=O)OCC(=O)N1CCCC1. The van der Waals surface area contributed by atoms with Crippen LogP contribution in [0.1, 0.15) is 56.5 Å². The van der Waals surface area contributed by atoms with E-state index in [0.717, 1.165) is 18.4 Å². The van der Waals surface area contributed by atoms with Crippen molar-refractivity contribution in [2.75, 3.05) is 19.7 Å². The van der Waals surface area contributed by atoms with Crippen molar-refractivity contribution < 1.29 is 19.1 Å². The number of carbonyl (C=O) groups excluding carboxylic acids is 3. The highest BCUT2D eigenvalue weighted by Gasteiger charge is 2.22. The van der Waals surface area contributed by atoms with Crippen LogP contribution in [0.15, 0.2) is 24.3 Å². The average Bonchev–Trinajstić information content (AvgIpc) is 3.13. The summed E-state index contributed by atoms with van der Waals surface area (Å²) in [5.74, 6) is -1.15. The van der Waals surface area contributed by atoms with E-state index in [9.17, 15) is 14.4 Å². The quantitative estimate of drug-likeness (QED) is 0.818. The second-order valence-electron chi connectivity index (χ2n) is 7.72. The molecule has 0 spiro atoms. The molecular formula is C20H28N2O4. The van der Waals surface area contributed by atoms with Gasteiger partial charge in [-0.05, 0) is 42.9 Å². The van der Waals surface area contributed by atoms with Crippen molar-refractivity contribution in [1.82, 2.24) is 10.2 Å². The van der Waals surface area contributed by atoms with Gasteiger partial charge in [0.25, 0.3) is 11.8 Å². The van der Waals surface area contributed by atoms with Crippen molar-refractivity contribution in [2.45, 2.75) is 52.0 Å². The third-order valence-electron chi connectivity index (χ3n) is 4.51. The van der Waals surface area contributed by atoms with Crippen molar-refractivity contribution in [1.29, 1.82) is 0 Å². The summed E-state index contributed by atoms with van der Waals surface area (Å²) in [6, 6.07) is 6.48. The van der Waals surface area contributed by atoms with Crippen LogP contribution in [0.2, 0.25) is 0 Å². The van der Waals surface area contributed by atoms with Crippen molar-refractivity contribution in [3.63, 3.8) is 0 Å². The fraction of sp³-hybridized carbons (Fsp3) is 0.550. The minimum absolute atomic E-state index is 0.00792. The first kappa shape index (κ1) is 19.9. The Morgan fingerprint density at radius 1 is 1.12 bits per heavy atom. The molecule has 0 radical (unpaired) electrons. The zero-order valence-corrected chi connectivity index (χ0v) is 16.0. The maximum atomic E-state index is 12.3. The standard InChI is InChI=1S/C20H28N2O4/c1-14(19(25)26-13-17(23)22-11-5-6-12-22)21-18(24)15-7-9-16(10-8-15)20(2,3)4/h7-10,14H,5-6,11-13H2,1-4H3,(H,21,24). The van der Waals surface area contributed by atoms with Crippen molar-refractivity contribution in [3.05, 3.63) is 35.4 Å². The van der Waals surface area contributed by atoms with Gasteiger partial charge in [-0.3, -0.25) is 9.59 Å². The number of benzene rings is 1. The molecule has 1 aromatic rings. The van der Waals surface area contributed by atoms with Crippen LogP contribution in [-0.2, 0) is 19.7 Å². The van der Waals surface area contributed by atoms with E-state index in [-0.39, 0.29) is 23.8 Å². The third kappa shape index (κ3) is 5.31. The van der Waals surface area contributed by atoms with Gasteiger partial charge in [-0.15, -0.1) is 0 Å². The smallest absolute Gasteiger partial charge is 0.328 e. The van der Waals surface area contributed by atoms with E-state index in [1.807, 2.05) is 12.1 Å². The van der Waals surface area contributed by atoms with Gasteiger partial charge < -0.3 is 15.0 Å². The molecule has 1 aromatic carbocycles. The van der Waals surface area contributed by atoms with Gasteiger partial charge in [-0.2, -0.15) is 0 Å². The molecule has 142 valence electrons. The van der Waals surface area contributed by atoms with Gasteiger partial charge in [0.1, 0.15) is 6.04 Å². The number of ether oxygens (including phenoxy) is 1. The molecule has 0 aliphatic carbocycles. The Hall–Kier alpha value is -2.37. The molecule has 1 saturated heterocycles. The monoisotopic (exact) mass is 360 g/mol. The van der Waals surface area contributed by atoms with Crippen LogP contribution in [0.4, 0.5) is 0 Å².